The number of likely N-dealkylation sites (tertiary alicyclic amines) is 1. The van der Waals surface area contributed by atoms with Gasteiger partial charge >= 0.3 is 0 Å². The van der Waals surface area contributed by atoms with Gasteiger partial charge in [-0.15, -0.1) is 11.8 Å². The van der Waals surface area contributed by atoms with Crippen LogP contribution >= 0.6 is 11.8 Å². The second-order valence-electron chi connectivity index (χ2n) is 6.41. The van der Waals surface area contributed by atoms with Crippen LogP contribution in [-0.4, -0.2) is 51.6 Å². The van der Waals surface area contributed by atoms with Crippen LogP contribution < -0.4 is 14.8 Å². The minimum absolute atomic E-state index is 0.524. The predicted molar refractivity (Wildman–Crippen MR) is 91.1 cm³/mol. The largest absolute Gasteiger partial charge is 0.493 e. The Morgan fingerprint density at radius 1 is 1.23 bits per heavy atom. The molecule has 22 heavy (non-hydrogen) atoms. The normalized spacial score (nSPS) is 25.0. The van der Waals surface area contributed by atoms with Gasteiger partial charge in [-0.1, -0.05) is 0 Å². The number of benzene rings is 1. The van der Waals surface area contributed by atoms with E-state index in [0.29, 0.717) is 5.41 Å². The van der Waals surface area contributed by atoms with E-state index in [9.17, 15) is 0 Å². The summed E-state index contributed by atoms with van der Waals surface area (Å²) in [6, 6.07) is 4.24. The lowest BCUT2D eigenvalue weighted by Crippen LogP contribution is -2.29. The third kappa shape index (κ3) is 3.07. The molecule has 0 bridgehead atoms. The number of ether oxygens (including phenoxy) is 2. The van der Waals surface area contributed by atoms with Crippen LogP contribution in [0.15, 0.2) is 17.0 Å². The molecule has 0 amide bonds. The molecule has 2 saturated heterocycles. The standard InChI is InChI=1S/C17H26N2O2S/c1-20-14-8-13(16(22-3)9-15(14)21-2)10-19-7-5-17(12-19)4-6-18-11-17/h8-9,18H,4-7,10-12H2,1-3H3. The average Bonchev–Trinajstić information content (AvgIpc) is 3.17. The number of rotatable bonds is 5. The van der Waals surface area contributed by atoms with E-state index in [4.69, 9.17) is 9.47 Å². The van der Waals surface area contributed by atoms with Crippen molar-refractivity contribution in [1.82, 2.24) is 10.2 Å². The van der Waals surface area contributed by atoms with E-state index in [2.05, 4.69) is 28.6 Å². The minimum atomic E-state index is 0.524. The van der Waals surface area contributed by atoms with Gasteiger partial charge in [0, 0.05) is 24.5 Å². The lowest BCUT2D eigenvalue weighted by atomic mass is 9.86. The molecule has 2 aliphatic rings. The molecular formula is C17H26N2O2S. The highest BCUT2D eigenvalue weighted by atomic mass is 32.2. The SMILES string of the molecule is COc1cc(CN2CCC3(CCNC3)C2)c(SC)cc1OC. The molecule has 2 aliphatic heterocycles. The van der Waals surface area contributed by atoms with Crippen molar-refractivity contribution in [1.29, 1.82) is 0 Å². The quantitative estimate of drug-likeness (QED) is 0.843. The average molecular weight is 322 g/mol. The molecule has 3 rings (SSSR count). The van der Waals surface area contributed by atoms with Gasteiger partial charge in [0.05, 0.1) is 14.2 Å². The Bertz CT molecular complexity index is 530. The molecule has 2 heterocycles. The number of nitrogens with zero attached hydrogens (tertiary/aromatic N) is 1. The molecule has 2 fully saturated rings. The summed E-state index contributed by atoms with van der Waals surface area (Å²) in [7, 11) is 3.40. The van der Waals surface area contributed by atoms with E-state index in [0.717, 1.165) is 18.0 Å². The number of nitrogens with one attached hydrogen (secondary N) is 1. The molecule has 0 aromatic heterocycles. The first-order valence-electron chi connectivity index (χ1n) is 7.92. The van der Waals surface area contributed by atoms with E-state index in [1.165, 1.54) is 49.5 Å². The number of hydrogen-bond donors (Lipinski definition) is 1. The topological polar surface area (TPSA) is 33.7 Å². The van der Waals surface area contributed by atoms with Crippen molar-refractivity contribution < 1.29 is 9.47 Å². The van der Waals surface area contributed by atoms with E-state index in [1.807, 2.05) is 0 Å². The first-order chi connectivity index (χ1) is 10.7. The van der Waals surface area contributed by atoms with Crippen molar-refractivity contribution in [3.63, 3.8) is 0 Å². The highest BCUT2D eigenvalue weighted by Gasteiger charge is 2.40. The van der Waals surface area contributed by atoms with Gasteiger partial charge in [0.15, 0.2) is 11.5 Å². The molecule has 1 aromatic rings. The van der Waals surface area contributed by atoms with Crippen LogP contribution in [0.5, 0.6) is 11.5 Å². The zero-order valence-electron chi connectivity index (χ0n) is 13.8. The third-order valence-electron chi connectivity index (χ3n) is 5.03. The molecule has 5 heteroatoms. The van der Waals surface area contributed by atoms with E-state index >= 15 is 0 Å². The molecule has 1 N–H and O–H groups in total. The molecule has 0 aliphatic carbocycles. The van der Waals surface area contributed by atoms with Crippen molar-refractivity contribution in [3.05, 3.63) is 17.7 Å². The summed E-state index contributed by atoms with van der Waals surface area (Å²) in [5.41, 5.74) is 1.86. The second-order valence-corrected chi connectivity index (χ2v) is 7.25. The van der Waals surface area contributed by atoms with Gasteiger partial charge in [0.25, 0.3) is 0 Å². The molecule has 1 spiro atoms. The van der Waals surface area contributed by atoms with Gasteiger partial charge in [-0.25, -0.2) is 0 Å². The Morgan fingerprint density at radius 2 is 2.00 bits per heavy atom. The minimum Gasteiger partial charge on any atom is -0.493 e. The van der Waals surface area contributed by atoms with Crippen LogP contribution in [0, 0.1) is 5.41 Å². The number of thioether (sulfide) groups is 1. The zero-order valence-corrected chi connectivity index (χ0v) is 14.6. The summed E-state index contributed by atoms with van der Waals surface area (Å²) in [6.07, 6.45) is 4.77. The van der Waals surface area contributed by atoms with Gasteiger partial charge in [0.1, 0.15) is 0 Å². The fraction of sp³-hybridized carbons (Fsp3) is 0.647. The summed E-state index contributed by atoms with van der Waals surface area (Å²) in [6.45, 7) is 5.77. The number of methoxy groups -OCH3 is 2. The molecule has 4 nitrogen and oxygen atoms in total. The van der Waals surface area contributed by atoms with E-state index in [-0.39, 0.29) is 0 Å². The van der Waals surface area contributed by atoms with Crippen molar-refractivity contribution in [3.8, 4) is 11.5 Å². The predicted octanol–water partition coefficient (Wildman–Crippen LogP) is 2.61. The van der Waals surface area contributed by atoms with Gasteiger partial charge < -0.3 is 14.8 Å². The van der Waals surface area contributed by atoms with Crippen LogP contribution in [0.1, 0.15) is 18.4 Å². The summed E-state index contributed by atoms with van der Waals surface area (Å²) >= 11 is 1.78. The maximum absolute atomic E-state index is 5.47. The van der Waals surface area contributed by atoms with Crippen LogP contribution in [0.4, 0.5) is 0 Å². The zero-order chi connectivity index (χ0) is 15.6. The van der Waals surface area contributed by atoms with Gasteiger partial charge in [0.2, 0.25) is 0 Å². The van der Waals surface area contributed by atoms with Gasteiger partial charge in [-0.3, -0.25) is 4.90 Å². The molecule has 1 atom stereocenters. The maximum Gasteiger partial charge on any atom is 0.161 e. The Kier molecular flexibility index (Phi) is 4.85. The Labute approximate surface area is 137 Å². The van der Waals surface area contributed by atoms with E-state index in [1.54, 1.807) is 26.0 Å². The van der Waals surface area contributed by atoms with Gasteiger partial charge in [-0.05, 0) is 55.3 Å². The highest BCUT2D eigenvalue weighted by Crippen LogP contribution is 2.39. The molecular weight excluding hydrogens is 296 g/mol. The lowest BCUT2D eigenvalue weighted by Gasteiger charge is -2.23. The highest BCUT2D eigenvalue weighted by molar-refractivity contribution is 7.98. The van der Waals surface area contributed by atoms with Crippen LogP contribution in [0.2, 0.25) is 0 Å². The molecule has 1 aromatic carbocycles. The lowest BCUT2D eigenvalue weighted by molar-refractivity contribution is 0.266. The van der Waals surface area contributed by atoms with E-state index < -0.39 is 0 Å². The summed E-state index contributed by atoms with van der Waals surface area (Å²) in [4.78, 5) is 3.87. The molecule has 0 saturated carbocycles. The summed E-state index contributed by atoms with van der Waals surface area (Å²) in [5, 5.41) is 3.53. The summed E-state index contributed by atoms with van der Waals surface area (Å²) < 4.78 is 10.9. The number of hydrogen-bond acceptors (Lipinski definition) is 5. The second kappa shape index (κ2) is 6.69. The third-order valence-corrected chi connectivity index (χ3v) is 5.85. The Hall–Kier alpha value is -0.910. The fourth-order valence-corrected chi connectivity index (χ4v) is 4.37. The fourth-order valence-electron chi connectivity index (χ4n) is 3.76. The Balaban J connectivity index is 1.77. The first-order valence-corrected chi connectivity index (χ1v) is 9.14. The monoisotopic (exact) mass is 322 g/mol. The smallest absolute Gasteiger partial charge is 0.161 e. The van der Waals surface area contributed by atoms with Crippen LogP contribution in [-0.2, 0) is 6.54 Å². The van der Waals surface area contributed by atoms with Crippen molar-refractivity contribution in [2.24, 2.45) is 5.41 Å². The molecule has 0 radical (unpaired) electrons. The van der Waals surface area contributed by atoms with Crippen molar-refractivity contribution in [2.75, 3.05) is 46.7 Å². The van der Waals surface area contributed by atoms with Crippen LogP contribution in [0.3, 0.4) is 0 Å². The Morgan fingerprint density at radius 3 is 2.64 bits per heavy atom. The van der Waals surface area contributed by atoms with Crippen molar-refractivity contribution in [2.45, 2.75) is 24.3 Å². The first kappa shape index (κ1) is 16.0. The van der Waals surface area contributed by atoms with Crippen molar-refractivity contribution >= 4 is 11.8 Å². The summed E-state index contributed by atoms with van der Waals surface area (Å²) in [5.74, 6) is 1.64. The maximum atomic E-state index is 5.47. The molecule has 122 valence electrons. The van der Waals surface area contributed by atoms with Crippen LogP contribution in [0.25, 0.3) is 0 Å². The molecule has 1 unspecified atom stereocenters. The van der Waals surface area contributed by atoms with Gasteiger partial charge in [-0.2, -0.15) is 0 Å².